The Hall–Kier alpha value is -2.96. The molecule has 0 N–H and O–H groups in total. The van der Waals surface area contributed by atoms with E-state index in [-0.39, 0.29) is 23.5 Å². The molecule has 0 aliphatic heterocycles. The van der Waals surface area contributed by atoms with E-state index in [2.05, 4.69) is 9.97 Å². The van der Waals surface area contributed by atoms with Gasteiger partial charge in [-0.3, -0.25) is 19.7 Å². The summed E-state index contributed by atoms with van der Waals surface area (Å²) < 4.78 is 0. The fourth-order valence-corrected chi connectivity index (χ4v) is 1.54. The van der Waals surface area contributed by atoms with Gasteiger partial charge in [-0.05, 0) is 18.2 Å². The lowest BCUT2D eigenvalue weighted by Gasteiger charge is -2.00. The molecule has 1 aromatic heterocycles. The van der Waals surface area contributed by atoms with E-state index in [4.69, 9.17) is 0 Å². The Morgan fingerprint density at radius 3 is 2.20 bits per heavy atom. The number of nitrogens with zero attached hydrogens (tertiary/aromatic N) is 3. The van der Waals surface area contributed by atoms with Crippen LogP contribution in [-0.4, -0.2) is 26.5 Å². The highest BCUT2D eigenvalue weighted by atomic mass is 16.6. The summed E-state index contributed by atoms with van der Waals surface area (Å²) in [6.07, 6.45) is 2.45. The van der Waals surface area contributed by atoms with Crippen molar-refractivity contribution in [3.05, 3.63) is 64.2 Å². The van der Waals surface area contributed by atoms with Gasteiger partial charge in [0.2, 0.25) is 5.78 Å². The van der Waals surface area contributed by atoms with E-state index in [1.807, 2.05) is 0 Å². The second-order valence-electron chi connectivity index (χ2n) is 3.90. The summed E-state index contributed by atoms with van der Waals surface area (Å²) in [7, 11) is 0. The molecule has 0 aliphatic carbocycles. The van der Waals surface area contributed by atoms with Crippen molar-refractivity contribution in [2.24, 2.45) is 0 Å². The zero-order chi connectivity index (χ0) is 14.5. The standard InChI is InChI=1S/C13H9N3O4/c17-11(8-12(18)13-14-6-1-7-15-13)9-2-4-10(5-3-9)16(19)20/h1-7H,8H2. The molecule has 0 spiro atoms. The molecule has 0 saturated carbocycles. The number of hydrogen-bond donors (Lipinski definition) is 0. The van der Waals surface area contributed by atoms with E-state index >= 15 is 0 Å². The fourth-order valence-electron chi connectivity index (χ4n) is 1.54. The minimum Gasteiger partial charge on any atom is -0.294 e. The van der Waals surface area contributed by atoms with Gasteiger partial charge in [0, 0.05) is 30.1 Å². The summed E-state index contributed by atoms with van der Waals surface area (Å²) >= 11 is 0. The molecule has 0 bridgehead atoms. The number of Topliss-reactive ketones (excluding diaryl/α,β-unsaturated/α-hetero) is 2. The largest absolute Gasteiger partial charge is 0.294 e. The van der Waals surface area contributed by atoms with Gasteiger partial charge in [-0.15, -0.1) is 0 Å². The Kier molecular flexibility index (Phi) is 3.90. The van der Waals surface area contributed by atoms with Crippen LogP contribution < -0.4 is 0 Å². The van der Waals surface area contributed by atoms with Gasteiger partial charge in [-0.1, -0.05) is 0 Å². The summed E-state index contributed by atoms with van der Waals surface area (Å²) in [6.45, 7) is 0. The zero-order valence-corrected chi connectivity index (χ0v) is 10.2. The van der Waals surface area contributed by atoms with E-state index in [1.54, 1.807) is 6.07 Å². The van der Waals surface area contributed by atoms with Crippen molar-refractivity contribution in [2.45, 2.75) is 6.42 Å². The van der Waals surface area contributed by atoms with Crippen molar-refractivity contribution in [2.75, 3.05) is 0 Å². The minimum atomic E-state index is -0.558. The highest BCUT2D eigenvalue weighted by Gasteiger charge is 2.16. The zero-order valence-electron chi connectivity index (χ0n) is 10.2. The number of nitro groups is 1. The molecule has 0 atom stereocenters. The lowest BCUT2D eigenvalue weighted by atomic mass is 10.1. The first-order valence-electron chi connectivity index (χ1n) is 5.66. The molecule has 1 aromatic carbocycles. The predicted molar refractivity (Wildman–Crippen MR) is 68.4 cm³/mol. The predicted octanol–water partition coefficient (Wildman–Crippen LogP) is 1.84. The SMILES string of the molecule is O=C(CC(=O)c1ncccn1)c1ccc([N+](=O)[O-])cc1. The number of ketones is 2. The summed E-state index contributed by atoms with van der Waals surface area (Å²) in [6, 6.07) is 6.64. The average molecular weight is 271 g/mol. The molecule has 1 heterocycles. The Balaban J connectivity index is 2.08. The molecule has 2 rings (SSSR count). The summed E-state index contributed by atoms with van der Waals surface area (Å²) in [5, 5.41) is 10.5. The Bertz CT molecular complexity index is 653. The highest BCUT2D eigenvalue weighted by Crippen LogP contribution is 2.13. The van der Waals surface area contributed by atoms with Crippen LogP contribution in [0.25, 0.3) is 0 Å². The van der Waals surface area contributed by atoms with Gasteiger partial charge in [0.05, 0.1) is 11.3 Å². The van der Waals surface area contributed by atoms with E-state index in [9.17, 15) is 19.7 Å². The molecular formula is C13H9N3O4. The monoisotopic (exact) mass is 271 g/mol. The molecule has 2 aromatic rings. The molecule has 20 heavy (non-hydrogen) atoms. The molecule has 0 fully saturated rings. The first-order valence-corrected chi connectivity index (χ1v) is 5.66. The maximum absolute atomic E-state index is 11.9. The molecule has 100 valence electrons. The maximum Gasteiger partial charge on any atom is 0.269 e. The van der Waals surface area contributed by atoms with E-state index in [1.165, 1.54) is 36.7 Å². The third-order valence-electron chi connectivity index (χ3n) is 2.54. The average Bonchev–Trinajstić information content (AvgIpc) is 2.48. The third-order valence-corrected chi connectivity index (χ3v) is 2.54. The Morgan fingerprint density at radius 2 is 1.65 bits per heavy atom. The van der Waals surface area contributed by atoms with Gasteiger partial charge in [0.1, 0.15) is 0 Å². The van der Waals surface area contributed by atoms with Crippen LogP contribution in [0.4, 0.5) is 5.69 Å². The van der Waals surface area contributed by atoms with Crippen molar-refractivity contribution in [1.82, 2.24) is 9.97 Å². The van der Waals surface area contributed by atoms with Crippen LogP contribution in [0.2, 0.25) is 0 Å². The number of nitro benzene ring substituents is 1. The van der Waals surface area contributed by atoms with E-state index < -0.39 is 16.5 Å². The van der Waals surface area contributed by atoms with Crippen LogP contribution in [-0.2, 0) is 0 Å². The smallest absolute Gasteiger partial charge is 0.269 e. The van der Waals surface area contributed by atoms with Crippen LogP contribution in [0.1, 0.15) is 27.4 Å². The van der Waals surface area contributed by atoms with Crippen molar-refractivity contribution >= 4 is 17.3 Å². The van der Waals surface area contributed by atoms with Crippen molar-refractivity contribution in [1.29, 1.82) is 0 Å². The van der Waals surface area contributed by atoms with Gasteiger partial charge < -0.3 is 0 Å². The lowest BCUT2D eigenvalue weighted by Crippen LogP contribution is -2.11. The highest BCUT2D eigenvalue weighted by molar-refractivity contribution is 6.12. The number of aromatic nitrogens is 2. The Labute approximate surface area is 113 Å². The normalized spacial score (nSPS) is 10.0. The van der Waals surface area contributed by atoms with Gasteiger partial charge in [0.25, 0.3) is 5.69 Å². The maximum atomic E-state index is 11.9. The molecule has 0 saturated heterocycles. The number of carbonyl (C=O) groups excluding carboxylic acids is 2. The molecule has 0 amide bonds. The van der Waals surface area contributed by atoms with Crippen LogP contribution in [0.5, 0.6) is 0 Å². The second kappa shape index (κ2) is 5.79. The first-order chi connectivity index (χ1) is 9.58. The Morgan fingerprint density at radius 1 is 1.05 bits per heavy atom. The summed E-state index contributed by atoms with van der Waals surface area (Å²) in [5.41, 5.74) is 0.124. The number of rotatable bonds is 5. The van der Waals surface area contributed by atoms with Gasteiger partial charge >= 0.3 is 0 Å². The second-order valence-corrected chi connectivity index (χ2v) is 3.90. The van der Waals surface area contributed by atoms with Crippen LogP contribution in [0, 0.1) is 10.1 Å². The summed E-state index contributed by atoms with van der Waals surface area (Å²) in [5.74, 6) is -0.950. The van der Waals surface area contributed by atoms with Gasteiger partial charge in [-0.25, -0.2) is 9.97 Å². The number of non-ortho nitro benzene ring substituents is 1. The van der Waals surface area contributed by atoms with Crippen LogP contribution in [0.3, 0.4) is 0 Å². The number of carbonyl (C=O) groups is 2. The molecular weight excluding hydrogens is 262 g/mol. The van der Waals surface area contributed by atoms with Crippen molar-refractivity contribution in [3.8, 4) is 0 Å². The topological polar surface area (TPSA) is 103 Å². The van der Waals surface area contributed by atoms with Crippen molar-refractivity contribution < 1.29 is 14.5 Å². The molecule has 7 heteroatoms. The third kappa shape index (κ3) is 3.08. The van der Waals surface area contributed by atoms with Gasteiger partial charge in [0.15, 0.2) is 11.6 Å². The van der Waals surface area contributed by atoms with Crippen LogP contribution in [0.15, 0.2) is 42.7 Å². The molecule has 0 radical (unpaired) electrons. The molecule has 0 aliphatic rings. The fraction of sp³-hybridized carbons (Fsp3) is 0.0769. The molecule has 7 nitrogen and oxygen atoms in total. The van der Waals surface area contributed by atoms with Crippen molar-refractivity contribution in [3.63, 3.8) is 0 Å². The summed E-state index contributed by atoms with van der Waals surface area (Å²) in [4.78, 5) is 41.1. The van der Waals surface area contributed by atoms with E-state index in [0.717, 1.165) is 0 Å². The van der Waals surface area contributed by atoms with Crippen LogP contribution >= 0.6 is 0 Å². The first kappa shape index (κ1) is 13.5. The minimum absolute atomic E-state index is 0.0252. The number of hydrogen-bond acceptors (Lipinski definition) is 6. The van der Waals surface area contributed by atoms with E-state index in [0.29, 0.717) is 0 Å². The quantitative estimate of drug-likeness (QED) is 0.356. The number of benzene rings is 1. The van der Waals surface area contributed by atoms with Gasteiger partial charge in [-0.2, -0.15) is 0 Å². The lowest BCUT2D eigenvalue weighted by molar-refractivity contribution is -0.384. The molecule has 0 unspecified atom stereocenters.